The van der Waals surface area contributed by atoms with Gasteiger partial charge in [0, 0.05) is 19.3 Å². The monoisotopic (exact) mass is 196 g/mol. The van der Waals surface area contributed by atoms with Crippen molar-refractivity contribution in [1.29, 1.82) is 0 Å². The molecule has 0 aromatic carbocycles. The van der Waals surface area contributed by atoms with Crippen LogP contribution >= 0.6 is 0 Å². The van der Waals surface area contributed by atoms with Crippen molar-refractivity contribution in [1.82, 2.24) is 9.78 Å². The van der Waals surface area contributed by atoms with Gasteiger partial charge < -0.3 is 4.74 Å². The van der Waals surface area contributed by atoms with E-state index in [9.17, 15) is 0 Å². The molecular weight excluding hydrogens is 176 g/mol. The molecule has 1 aromatic heterocycles. The highest BCUT2D eigenvalue weighted by molar-refractivity contribution is 4.98. The first kappa shape index (κ1) is 11.2. The zero-order chi connectivity index (χ0) is 10.4. The SMILES string of the molecule is CCCOCc1ccnn1CC(C)C. The first-order valence-electron chi connectivity index (χ1n) is 5.32. The minimum Gasteiger partial charge on any atom is -0.375 e. The van der Waals surface area contributed by atoms with Crippen molar-refractivity contribution in [2.45, 2.75) is 40.3 Å². The van der Waals surface area contributed by atoms with E-state index >= 15 is 0 Å². The molecule has 0 atom stereocenters. The fraction of sp³-hybridized carbons (Fsp3) is 0.727. The summed E-state index contributed by atoms with van der Waals surface area (Å²) in [6, 6.07) is 2.03. The maximum Gasteiger partial charge on any atom is 0.0884 e. The largest absolute Gasteiger partial charge is 0.375 e. The molecule has 0 aliphatic rings. The van der Waals surface area contributed by atoms with Crippen LogP contribution in [0.4, 0.5) is 0 Å². The second kappa shape index (κ2) is 5.81. The van der Waals surface area contributed by atoms with Crippen LogP contribution in [-0.4, -0.2) is 16.4 Å². The number of rotatable bonds is 6. The van der Waals surface area contributed by atoms with Gasteiger partial charge in [0.25, 0.3) is 0 Å². The van der Waals surface area contributed by atoms with Crippen molar-refractivity contribution in [2.24, 2.45) is 5.92 Å². The van der Waals surface area contributed by atoms with Gasteiger partial charge in [-0.3, -0.25) is 4.68 Å². The normalized spacial score (nSPS) is 11.1. The molecule has 3 heteroatoms. The van der Waals surface area contributed by atoms with E-state index in [-0.39, 0.29) is 0 Å². The van der Waals surface area contributed by atoms with Crippen LogP contribution in [-0.2, 0) is 17.9 Å². The molecule has 0 saturated heterocycles. The standard InChI is InChI=1S/C11H20N2O/c1-4-7-14-9-11-5-6-12-13(11)8-10(2)3/h5-6,10H,4,7-9H2,1-3H3. The van der Waals surface area contributed by atoms with E-state index in [2.05, 4.69) is 25.9 Å². The van der Waals surface area contributed by atoms with Crippen LogP contribution in [0.3, 0.4) is 0 Å². The van der Waals surface area contributed by atoms with E-state index in [1.807, 2.05) is 16.9 Å². The average Bonchev–Trinajstić information content (AvgIpc) is 2.52. The molecule has 0 unspecified atom stereocenters. The molecule has 1 heterocycles. The summed E-state index contributed by atoms with van der Waals surface area (Å²) in [6.07, 6.45) is 2.91. The Morgan fingerprint density at radius 1 is 1.50 bits per heavy atom. The highest BCUT2D eigenvalue weighted by Crippen LogP contribution is 2.05. The zero-order valence-corrected chi connectivity index (χ0v) is 9.36. The summed E-state index contributed by atoms with van der Waals surface area (Å²) >= 11 is 0. The Kier molecular flexibility index (Phi) is 4.66. The number of aromatic nitrogens is 2. The van der Waals surface area contributed by atoms with Crippen LogP contribution in [0.25, 0.3) is 0 Å². The van der Waals surface area contributed by atoms with Crippen molar-refractivity contribution in [3.8, 4) is 0 Å². The maximum absolute atomic E-state index is 5.49. The molecular formula is C11H20N2O. The van der Waals surface area contributed by atoms with Gasteiger partial charge >= 0.3 is 0 Å². The fourth-order valence-corrected chi connectivity index (χ4v) is 1.31. The van der Waals surface area contributed by atoms with Crippen molar-refractivity contribution in [2.75, 3.05) is 6.61 Å². The summed E-state index contributed by atoms with van der Waals surface area (Å²) in [4.78, 5) is 0. The second-order valence-electron chi connectivity index (χ2n) is 3.95. The van der Waals surface area contributed by atoms with Crippen molar-refractivity contribution < 1.29 is 4.74 Å². The molecule has 0 radical (unpaired) electrons. The topological polar surface area (TPSA) is 27.1 Å². The van der Waals surface area contributed by atoms with Crippen LogP contribution < -0.4 is 0 Å². The zero-order valence-electron chi connectivity index (χ0n) is 9.36. The molecule has 0 aliphatic heterocycles. The summed E-state index contributed by atoms with van der Waals surface area (Å²) in [5, 5.41) is 4.27. The molecule has 0 saturated carbocycles. The molecule has 80 valence electrons. The highest BCUT2D eigenvalue weighted by Gasteiger charge is 2.03. The Morgan fingerprint density at radius 2 is 2.29 bits per heavy atom. The van der Waals surface area contributed by atoms with Crippen LogP contribution in [0.2, 0.25) is 0 Å². The van der Waals surface area contributed by atoms with Gasteiger partial charge in [-0.1, -0.05) is 20.8 Å². The van der Waals surface area contributed by atoms with Gasteiger partial charge in [0.2, 0.25) is 0 Å². The third kappa shape index (κ3) is 3.50. The lowest BCUT2D eigenvalue weighted by Crippen LogP contribution is -2.10. The lowest BCUT2D eigenvalue weighted by Gasteiger charge is -2.09. The molecule has 14 heavy (non-hydrogen) atoms. The number of hydrogen-bond donors (Lipinski definition) is 0. The predicted molar refractivity (Wildman–Crippen MR) is 57.0 cm³/mol. The quantitative estimate of drug-likeness (QED) is 0.653. The number of hydrogen-bond acceptors (Lipinski definition) is 2. The minimum absolute atomic E-state index is 0.625. The summed E-state index contributed by atoms with van der Waals surface area (Å²) in [6.45, 7) is 8.98. The van der Waals surface area contributed by atoms with E-state index < -0.39 is 0 Å². The van der Waals surface area contributed by atoms with E-state index in [1.54, 1.807) is 0 Å². The average molecular weight is 196 g/mol. The Labute approximate surface area is 86.1 Å². The van der Waals surface area contributed by atoms with E-state index in [0.29, 0.717) is 12.5 Å². The molecule has 3 nitrogen and oxygen atoms in total. The summed E-state index contributed by atoms with van der Waals surface area (Å²) in [5.41, 5.74) is 1.17. The van der Waals surface area contributed by atoms with Crippen molar-refractivity contribution in [3.63, 3.8) is 0 Å². The number of ether oxygens (including phenoxy) is 1. The van der Waals surface area contributed by atoms with Gasteiger partial charge in [-0.2, -0.15) is 5.10 Å². The molecule has 0 aliphatic carbocycles. The summed E-state index contributed by atoms with van der Waals surface area (Å²) in [7, 11) is 0. The fourth-order valence-electron chi connectivity index (χ4n) is 1.31. The Morgan fingerprint density at radius 3 is 2.93 bits per heavy atom. The first-order chi connectivity index (χ1) is 6.74. The third-order valence-corrected chi connectivity index (χ3v) is 1.94. The molecule has 0 spiro atoms. The highest BCUT2D eigenvalue weighted by atomic mass is 16.5. The van der Waals surface area contributed by atoms with Gasteiger partial charge in [-0.05, 0) is 18.4 Å². The molecule has 0 amide bonds. The summed E-state index contributed by atoms with van der Waals surface area (Å²) < 4.78 is 7.52. The van der Waals surface area contributed by atoms with Crippen LogP contribution in [0, 0.1) is 5.92 Å². The first-order valence-corrected chi connectivity index (χ1v) is 5.32. The predicted octanol–water partition coefficient (Wildman–Crippen LogP) is 2.47. The Hall–Kier alpha value is -0.830. The van der Waals surface area contributed by atoms with Gasteiger partial charge in [0.1, 0.15) is 0 Å². The number of nitrogens with zero attached hydrogens (tertiary/aromatic N) is 2. The Balaban J connectivity index is 2.45. The van der Waals surface area contributed by atoms with Gasteiger partial charge in [0.05, 0.1) is 12.3 Å². The smallest absolute Gasteiger partial charge is 0.0884 e. The molecule has 0 fully saturated rings. The van der Waals surface area contributed by atoms with Gasteiger partial charge in [-0.25, -0.2) is 0 Å². The van der Waals surface area contributed by atoms with E-state index in [0.717, 1.165) is 19.6 Å². The Bertz CT molecular complexity index is 256. The maximum atomic E-state index is 5.49. The van der Waals surface area contributed by atoms with Crippen molar-refractivity contribution >= 4 is 0 Å². The van der Waals surface area contributed by atoms with E-state index in [4.69, 9.17) is 4.74 Å². The van der Waals surface area contributed by atoms with Gasteiger partial charge in [0.15, 0.2) is 0 Å². The molecule has 1 aromatic rings. The van der Waals surface area contributed by atoms with E-state index in [1.165, 1.54) is 5.69 Å². The lowest BCUT2D eigenvalue weighted by atomic mass is 10.2. The minimum atomic E-state index is 0.625. The third-order valence-electron chi connectivity index (χ3n) is 1.94. The van der Waals surface area contributed by atoms with Crippen LogP contribution in [0.1, 0.15) is 32.9 Å². The van der Waals surface area contributed by atoms with Crippen LogP contribution in [0.5, 0.6) is 0 Å². The molecule has 1 rings (SSSR count). The molecule has 0 N–H and O–H groups in total. The van der Waals surface area contributed by atoms with Crippen molar-refractivity contribution in [3.05, 3.63) is 18.0 Å². The second-order valence-corrected chi connectivity index (χ2v) is 3.95. The molecule has 0 bridgehead atoms. The lowest BCUT2D eigenvalue weighted by molar-refractivity contribution is 0.115. The van der Waals surface area contributed by atoms with Crippen LogP contribution in [0.15, 0.2) is 12.3 Å². The van der Waals surface area contributed by atoms with Gasteiger partial charge in [-0.15, -0.1) is 0 Å². The summed E-state index contributed by atoms with van der Waals surface area (Å²) in [5.74, 6) is 0.625.